The van der Waals surface area contributed by atoms with Crippen LogP contribution in [-0.4, -0.2) is 41.4 Å². The van der Waals surface area contributed by atoms with Crippen LogP contribution in [0.2, 0.25) is 0 Å². The molecule has 152 valence electrons. The number of rotatable bonds is 7. The van der Waals surface area contributed by atoms with Crippen molar-refractivity contribution in [3.05, 3.63) is 95.6 Å². The fraction of sp³-hybridized carbons (Fsp3) is 0.269. The van der Waals surface area contributed by atoms with Crippen LogP contribution in [0.25, 0.3) is 0 Å². The number of carbonyl (C=O) groups excluding carboxylic acids is 1. The van der Waals surface area contributed by atoms with Gasteiger partial charge in [-0.05, 0) is 54.8 Å². The van der Waals surface area contributed by atoms with Crippen LogP contribution < -0.4 is 4.74 Å². The number of aryl methyl sites for hydroxylation is 1. The molecule has 0 N–H and O–H groups in total. The molecule has 0 radical (unpaired) electrons. The van der Waals surface area contributed by atoms with E-state index >= 15 is 0 Å². The maximum absolute atomic E-state index is 12.6. The first-order valence-electron chi connectivity index (χ1n) is 10.7. The van der Waals surface area contributed by atoms with Gasteiger partial charge in [-0.25, -0.2) is 0 Å². The zero-order valence-electron chi connectivity index (χ0n) is 17.0. The average molecular weight is 399 g/mol. The molecular formula is C26H26N2O2. The monoisotopic (exact) mass is 398 g/mol. The highest BCUT2D eigenvalue weighted by molar-refractivity contribution is 5.98. The van der Waals surface area contributed by atoms with Gasteiger partial charge in [0.25, 0.3) is 5.91 Å². The van der Waals surface area contributed by atoms with Crippen LogP contribution in [0.5, 0.6) is 11.5 Å². The van der Waals surface area contributed by atoms with Crippen molar-refractivity contribution in [3.63, 3.8) is 0 Å². The van der Waals surface area contributed by atoms with Gasteiger partial charge < -0.3 is 9.64 Å². The molecule has 2 aliphatic rings. The van der Waals surface area contributed by atoms with Gasteiger partial charge in [-0.15, -0.1) is 0 Å². The quantitative estimate of drug-likeness (QED) is 0.576. The predicted molar refractivity (Wildman–Crippen MR) is 118 cm³/mol. The topological polar surface area (TPSA) is 32.8 Å². The van der Waals surface area contributed by atoms with E-state index in [2.05, 4.69) is 23.1 Å². The molecule has 3 aromatic carbocycles. The molecule has 0 saturated carbocycles. The van der Waals surface area contributed by atoms with E-state index in [0.29, 0.717) is 6.04 Å². The normalized spacial score (nSPS) is 16.4. The second-order valence-electron chi connectivity index (χ2n) is 8.13. The van der Waals surface area contributed by atoms with E-state index in [1.165, 1.54) is 5.56 Å². The molecule has 0 bridgehead atoms. The van der Waals surface area contributed by atoms with Crippen molar-refractivity contribution in [2.45, 2.75) is 25.4 Å². The molecule has 4 heteroatoms. The summed E-state index contributed by atoms with van der Waals surface area (Å²) in [6, 6.07) is 26.5. The van der Waals surface area contributed by atoms with Gasteiger partial charge in [0.1, 0.15) is 11.5 Å². The van der Waals surface area contributed by atoms with Gasteiger partial charge in [0.15, 0.2) is 0 Å². The number of amides is 1. The van der Waals surface area contributed by atoms with E-state index < -0.39 is 0 Å². The molecule has 1 fully saturated rings. The fourth-order valence-corrected chi connectivity index (χ4v) is 4.41. The minimum absolute atomic E-state index is 0.197. The first kappa shape index (κ1) is 18.9. The standard InChI is InChI=1S/C26H26N2O2/c29-26-24-14-6-4-10-21(24)17-28(26)22-18-27(19-22)16-8-11-20-9-5-7-15-25(20)30-23-12-2-1-3-13-23/h1-7,9-10,12-15,22H,8,11,16-19H2. The van der Waals surface area contributed by atoms with E-state index in [1.54, 1.807) is 0 Å². The summed E-state index contributed by atoms with van der Waals surface area (Å²) < 4.78 is 6.08. The maximum atomic E-state index is 12.6. The third-order valence-electron chi connectivity index (χ3n) is 6.09. The molecular weight excluding hydrogens is 372 g/mol. The number of ether oxygens (including phenoxy) is 1. The summed E-state index contributed by atoms with van der Waals surface area (Å²) in [7, 11) is 0. The lowest BCUT2D eigenvalue weighted by Crippen LogP contribution is -2.59. The van der Waals surface area contributed by atoms with E-state index in [4.69, 9.17) is 4.74 Å². The highest BCUT2D eigenvalue weighted by Gasteiger charge is 2.38. The molecule has 1 amide bonds. The van der Waals surface area contributed by atoms with Gasteiger partial charge in [-0.2, -0.15) is 0 Å². The highest BCUT2D eigenvalue weighted by Crippen LogP contribution is 2.29. The van der Waals surface area contributed by atoms with Gasteiger partial charge in [0, 0.05) is 25.2 Å². The molecule has 3 aromatic rings. The van der Waals surface area contributed by atoms with Gasteiger partial charge in [-0.3, -0.25) is 9.69 Å². The van der Waals surface area contributed by atoms with Crippen molar-refractivity contribution in [3.8, 4) is 11.5 Å². The Bertz CT molecular complexity index is 1030. The second kappa shape index (κ2) is 8.33. The van der Waals surface area contributed by atoms with Crippen LogP contribution in [-0.2, 0) is 13.0 Å². The van der Waals surface area contributed by atoms with Crippen molar-refractivity contribution >= 4 is 5.91 Å². The number of para-hydroxylation sites is 2. The number of fused-ring (bicyclic) bond motifs is 1. The smallest absolute Gasteiger partial charge is 0.254 e. The van der Waals surface area contributed by atoms with Gasteiger partial charge in [0.2, 0.25) is 0 Å². The SMILES string of the molecule is O=C1c2ccccc2CN1C1CN(CCCc2ccccc2Oc2ccccc2)C1. The minimum Gasteiger partial charge on any atom is -0.457 e. The van der Waals surface area contributed by atoms with Gasteiger partial charge in [0.05, 0.1) is 6.04 Å². The van der Waals surface area contributed by atoms with E-state index in [1.807, 2.05) is 65.6 Å². The van der Waals surface area contributed by atoms with Gasteiger partial charge >= 0.3 is 0 Å². The van der Waals surface area contributed by atoms with Crippen LogP contribution in [0, 0.1) is 0 Å². The molecule has 0 aliphatic carbocycles. The third kappa shape index (κ3) is 3.83. The molecule has 5 rings (SSSR count). The lowest BCUT2D eigenvalue weighted by molar-refractivity contribution is 0.0283. The molecule has 0 spiro atoms. The predicted octanol–water partition coefficient (Wildman–Crippen LogP) is 4.75. The van der Waals surface area contributed by atoms with Crippen molar-refractivity contribution in [2.75, 3.05) is 19.6 Å². The molecule has 30 heavy (non-hydrogen) atoms. The number of benzene rings is 3. The fourth-order valence-electron chi connectivity index (χ4n) is 4.41. The van der Waals surface area contributed by atoms with Gasteiger partial charge in [-0.1, -0.05) is 54.6 Å². The summed E-state index contributed by atoms with van der Waals surface area (Å²) in [4.78, 5) is 17.1. The zero-order valence-corrected chi connectivity index (χ0v) is 17.0. The number of hydrogen-bond acceptors (Lipinski definition) is 3. The number of nitrogens with zero attached hydrogens (tertiary/aromatic N) is 2. The van der Waals surface area contributed by atoms with Crippen LogP contribution in [0.15, 0.2) is 78.9 Å². The number of hydrogen-bond donors (Lipinski definition) is 0. The molecule has 0 unspecified atom stereocenters. The van der Waals surface area contributed by atoms with E-state index in [9.17, 15) is 4.79 Å². The Hall–Kier alpha value is -3.11. The Morgan fingerprint density at radius 3 is 2.43 bits per heavy atom. The lowest BCUT2D eigenvalue weighted by Gasteiger charge is -2.44. The van der Waals surface area contributed by atoms with Crippen molar-refractivity contribution in [1.82, 2.24) is 9.80 Å². The summed E-state index contributed by atoms with van der Waals surface area (Å²) in [6.45, 7) is 3.76. The molecule has 1 saturated heterocycles. The molecule has 4 nitrogen and oxygen atoms in total. The maximum Gasteiger partial charge on any atom is 0.254 e. The summed E-state index contributed by atoms with van der Waals surface area (Å²) >= 11 is 0. The second-order valence-corrected chi connectivity index (χ2v) is 8.13. The van der Waals surface area contributed by atoms with Crippen LogP contribution in [0.3, 0.4) is 0 Å². The Morgan fingerprint density at radius 1 is 0.867 bits per heavy atom. The summed E-state index contributed by atoms with van der Waals surface area (Å²) in [5, 5.41) is 0. The minimum atomic E-state index is 0.197. The van der Waals surface area contributed by atoms with E-state index in [-0.39, 0.29) is 5.91 Å². The van der Waals surface area contributed by atoms with Crippen molar-refractivity contribution < 1.29 is 9.53 Å². The summed E-state index contributed by atoms with van der Waals surface area (Å²) in [5.41, 5.74) is 3.28. The largest absolute Gasteiger partial charge is 0.457 e. The molecule has 0 aromatic heterocycles. The average Bonchev–Trinajstić information content (AvgIpc) is 3.08. The number of carbonyl (C=O) groups is 1. The van der Waals surface area contributed by atoms with Crippen LogP contribution in [0.1, 0.15) is 27.9 Å². The zero-order chi connectivity index (χ0) is 20.3. The van der Waals surface area contributed by atoms with Crippen LogP contribution in [0.4, 0.5) is 0 Å². The Balaban J connectivity index is 1.11. The Labute approximate surface area is 177 Å². The van der Waals surface area contributed by atoms with Crippen molar-refractivity contribution in [2.24, 2.45) is 0 Å². The Kier molecular flexibility index (Phi) is 5.24. The van der Waals surface area contributed by atoms with Crippen LogP contribution >= 0.6 is 0 Å². The molecule has 2 heterocycles. The highest BCUT2D eigenvalue weighted by atomic mass is 16.5. The lowest BCUT2D eigenvalue weighted by atomic mass is 10.0. The third-order valence-corrected chi connectivity index (χ3v) is 6.09. The van der Waals surface area contributed by atoms with E-state index in [0.717, 1.165) is 61.6 Å². The van der Waals surface area contributed by atoms with Crippen molar-refractivity contribution in [1.29, 1.82) is 0 Å². The number of likely N-dealkylation sites (tertiary alicyclic amines) is 1. The Morgan fingerprint density at radius 2 is 1.60 bits per heavy atom. The first-order chi connectivity index (χ1) is 14.8. The summed E-state index contributed by atoms with van der Waals surface area (Å²) in [5.74, 6) is 2.00. The molecule has 0 atom stereocenters. The molecule has 2 aliphatic heterocycles. The summed E-state index contributed by atoms with van der Waals surface area (Å²) in [6.07, 6.45) is 2.06. The first-order valence-corrected chi connectivity index (χ1v) is 10.7.